The maximum atomic E-state index is 11.4. The summed E-state index contributed by atoms with van der Waals surface area (Å²) in [7, 11) is 0. The minimum absolute atomic E-state index is 0.102. The molecule has 0 bridgehead atoms. The van der Waals surface area contributed by atoms with Crippen LogP contribution in [0.3, 0.4) is 0 Å². The van der Waals surface area contributed by atoms with Crippen molar-refractivity contribution in [3.63, 3.8) is 0 Å². The van der Waals surface area contributed by atoms with Gasteiger partial charge in [0.2, 0.25) is 0 Å². The van der Waals surface area contributed by atoms with Crippen molar-refractivity contribution in [3.05, 3.63) is 24.3 Å². The Labute approximate surface area is 105 Å². The molecule has 0 aliphatic carbocycles. The molecule has 1 atom stereocenters. The smallest absolute Gasteiger partial charge is 0.325 e. The number of carbonyl (C=O) groups is 2. The number of anilines is 2. The van der Waals surface area contributed by atoms with E-state index in [4.69, 9.17) is 5.11 Å². The third kappa shape index (κ3) is 2.53. The van der Waals surface area contributed by atoms with E-state index in [9.17, 15) is 9.59 Å². The molecule has 1 saturated heterocycles. The molecule has 1 heterocycles. The van der Waals surface area contributed by atoms with E-state index in [0.717, 1.165) is 5.69 Å². The van der Waals surface area contributed by atoms with Crippen molar-refractivity contribution in [2.75, 3.05) is 23.3 Å². The SMILES string of the molecule is CC(Nc1ccc(N2CCNC2=O)cc1)C(=O)O. The highest BCUT2D eigenvalue weighted by molar-refractivity contribution is 5.94. The van der Waals surface area contributed by atoms with Gasteiger partial charge in [0.05, 0.1) is 0 Å². The molecule has 0 saturated carbocycles. The summed E-state index contributed by atoms with van der Waals surface area (Å²) in [6.07, 6.45) is 0. The summed E-state index contributed by atoms with van der Waals surface area (Å²) in [4.78, 5) is 23.8. The number of nitrogens with one attached hydrogen (secondary N) is 2. The Hall–Kier alpha value is -2.24. The maximum absolute atomic E-state index is 11.4. The van der Waals surface area contributed by atoms with Crippen molar-refractivity contribution in [1.29, 1.82) is 0 Å². The molecule has 1 aromatic carbocycles. The van der Waals surface area contributed by atoms with E-state index in [2.05, 4.69) is 10.6 Å². The van der Waals surface area contributed by atoms with Crippen LogP contribution in [0.4, 0.5) is 16.2 Å². The van der Waals surface area contributed by atoms with E-state index in [1.165, 1.54) is 0 Å². The predicted molar refractivity (Wildman–Crippen MR) is 67.9 cm³/mol. The number of hydrogen-bond acceptors (Lipinski definition) is 3. The Morgan fingerprint density at radius 1 is 1.44 bits per heavy atom. The van der Waals surface area contributed by atoms with Crippen LogP contribution in [0, 0.1) is 0 Å². The number of aliphatic carboxylic acids is 1. The average Bonchev–Trinajstić information content (AvgIpc) is 2.76. The van der Waals surface area contributed by atoms with Gasteiger partial charge in [-0.1, -0.05) is 0 Å². The highest BCUT2D eigenvalue weighted by atomic mass is 16.4. The molecule has 3 N–H and O–H groups in total. The minimum atomic E-state index is -0.905. The molecule has 6 nitrogen and oxygen atoms in total. The van der Waals surface area contributed by atoms with Crippen LogP contribution in [-0.4, -0.2) is 36.2 Å². The van der Waals surface area contributed by atoms with Gasteiger partial charge in [0, 0.05) is 24.5 Å². The number of carboxylic acid groups (broad SMARTS) is 1. The number of amides is 2. The Kier molecular flexibility index (Phi) is 3.36. The second kappa shape index (κ2) is 4.95. The van der Waals surface area contributed by atoms with Crippen LogP contribution < -0.4 is 15.5 Å². The molecule has 0 spiro atoms. The monoisotopic (exact) mass is 249 g/mol. The average molecular weight is 249 g/mol. The van der Waals surface area contributed by atoms with Gasteiger partial charge < -0.3 is 15.7 Å². The van der Waals surface area contributed by atoms with Gasteiger partial charge in [-0.25, -0.2) is 4.79 Å². The summed E-state index contributed by atoms with van der Waals surface area (Å²) in [6, 6.07) is 6.37. The van der Waals surface area contributed by atoms with Gasteiger partial charge in [-0.3, -0.25) is 9.69 Å². The molecule has 1 aliphatic rings. The fourth-order valence-electron chi connectivity index (χ4n) is 1.77. The maximum Gasteiger partial charge on any atom is 0.325 e. The molecule has 0 aromatic heterocycles. The first kappa shape index (κ1) is 12.2. The number of rotatable bonds is 4. The van der Waals surface area contributed by atoms with Crippen LogP contribution in [0.1, 0.15) is 6.92 Å². The lowest BCUT2D eigenvalue weighted by Gasteiger charge is -2.16. The number of carboxylic acids is 1. The van der Waals surface area contributed by atoms with Gasteiger partial charge >= 0.3 is 12.0 Å². The molecule has 6 heteroatoms. The Morgan fingerprint density at radius 2 is 2.11 bits per heavy atom. The van der Waals surface area contributed by atoms with Gasteiger partial charge in [0.25, 0.3) is 0 Å². The number of hydrogen-bond donors (Lipinski definition) is 3. The van der Waals surface area contributed by atoms with Gasteiger partial charge in [-0.2, -0.15) is 0 Å². The fourth-order valence-corrected chi connectivity index (χ4v) is 1.77. The summed E-state index contributed by atoms with van der Waals surface area (Å²) in [6.45, 7) is 2.87. The highest BCUT2D eigenvalue weighted by Crippen LogP contribution is 2.19. The lowest BCUT2D eigenvalue weighted by molar-refractivity contribution is -0.137. The molecule has 0 radical (unpaired) electrons. The van der Waals surface area contributed by atoms with Crippen LogP contribution in [0.5, 0.6) is 0 Å². The van der Waals surface area contributed by atoms with E-state index in [-0.39, 0.29) is 6.03 Å². The first-order chi connectivity index (χ1) is 8.58. The zero-order valence-corrected chi connectivity index (χ0v) is 10.0. The second-order valence-electron chi connectivity index (χ2n) is 4.13. The molecule has 18 heavy (non-hydrogen) atoms. The van der Waals surface area contributed by atoms with Crippen LogP contribution >= 0.6 is 0 Å². The summed E-state index contributed by atoms with van der Waals surface area (Å²) >= 11 is 0. The topological polar surface area (TPSA) is 81.7 Å². The fraction of sp³-hybridized carbons (Fsp3) is 0.333. The van der Waals surface area contributed by atoms with Crippen molar-refractivity contribution in [2.24, 2.45) is 0 Å². The molecule has 1 fully saturated rings. The molecular formula is C12H15N3O3. The van der Waals surface area contributed by atoms with Crippen LogP contribution in [0.25, 0.3) is 0 Å². The number of benzene rings is 1. The highest BCUT2D eigenvalue weighted by Gasteiger charge is 2.20. The van der Waals surface area contributed by atoms with Crippen LogP contribution in [-0.2, 0) is 4.79 Å². The molecular weight excluding hydrogens is 234 g/mol. The van der Waals surface area contributed by atoms with E-state index in [0.29, 0.717) is 18.8 Å². The second-order valence-corrected chi connectivity index (χ2v) is 4.13. The molecule has 2 rings (SSSR count). The predicted octanol–water partition coefficient (Wildman–Crippen LogP) is 1.10. The first-order valence-electron chi connectivity index (χ1n) is 5.72. The summed E-state index contributed by atoms with van der Waals surface area (Å²) in [5.41, 5.74) is 1.52. The Bertz CT molecular complexity index is 458. The third-order valence-corrected chi connectivity index (χ3v) is 2.79. The third-order valence-electron chi connectivity index (χ3n) is 2.79. The molecule has 1 aromatic rings. The number of urea groups is 1. The molecule has 1 unspecified atom stereocenters. The summed E-state index contributed by atoms with van der Waals surface area (Å²) in [5.74, 6) is -0.905. The summed E-state index contributed by atoms with van der Waals surface area (Å²) in [5, 5.41) is 14.4. The lowest BCUT2D eigenvalue weighted by Crippen LogP contribution is -2.28. The van der Waals surface area contributed by atoms with Crippen molar-refractivity contribution >= 4 is 23.4 Å². The van der Waals surface area contributed by atoms with E-state index in [1.54, 1.807) is 36.1 Å². The van der Waals surface area contributed by atoms with Gasteiger partial charge in [0.1, 0.15) is 6.04 Å². The van der Waals surface area contributed by atoms with Gasteiger partial charge in [0.15, 0.2) is 0 Å². The van der Waals surface area contributed by atoms with Gasteiger partial charge in [-0.15, -0.1) is 0 Å². The minimum Gasteiger partial charge on any atom is -0.480 e. The molecule has 2 amide bonds. The van der Waals surface area contributed by atoms with E-state index in [1.807, 2.05) is 0 Å². The quantitative estimate of drug-likeness (QED) is 0.746. The number of nitrogens with zero attached hydrogens (tertiary/aromatic N) is 1. The van der Waals surface area contributed by atoms with Crippen molar-refractivity contribution < 1.29 is 14.7 Å². The van der Waals surface area contributed by atoms with Crippen LogP contribution in [0.2, 0.25) is 0 Å². The Morgan fingerprint density at radius 3 is 2.61 bits per heavy atom. The van der Waals surface area contributed by atoms with Gasteiger partial charge in [-0.05, 0) is 31.2 Å². The van der Waals surface area contributed by atoms with E-state index >= 15 is 0 Å². The van der Waals surface area contributed by atoms with Crippen molar-refractivity contribution in [2.45, 2.75) is 13.0 Å². The molecule has 96 valence electrons. The standard InChI is InChI=1S/C12H15N3O3/c1-8(11(16)17)14-9-2-4-10(5-3-9)15-7-6-13-12(15)18/h2-5,8,14H,6-7H2,1H3,(H,13,18)(H,16,17). The van der Waals surface area contributed by atoms with Crippen molar-refractivity contribution in [3.8, 4) is 0 Å². The van der Waals surface area contributed by atoms with Crippen LogP contribution in [0.15, 0.2) is 24.3 Å². The first-order valence-corrected chi connectivity index (χ1v) is 5.72. The zero-order chi connectivity index (χ0) is 13.1. The molecule has 1 aliphatic heterocycles. The zero-order valence-electron chi connectivity index (χ0n) is 10.0. The normalized spacial score (nSPS) is 16.3. The van der Waals surface area contributed by atoms with Crippen molar-refractivity contribution in [1.82, 2.24) is 5.32 Å². The number of carbonyl (C=O) groups excluding carboxylic acids is 1. The van der Waals surface area contributed by atoms with E-state index < -0.39 is 12.0 Å². The largest absolute Gasteiger partial charge is 0.480 e. The summed E-state index contributed by atoms with van der Waals surface area (Å²) < 4.78 is 0. The Balaban J connectivity index is 2.05. The lowest BCUT2D eigenvalue weighted by atomic mass is 10.2.